The van der Waals surface area contributed by atoms with E-state index in [1.54, 1.807) is 7.05 Å². The zero-order valence-electron chi connectivity index (χ0n) is 19.4. The van der Waals surface area contributed by atoms with Crippen LogP contribution in [0.15, 0.2) is 47.6 Å². The number of hydrogen-bond donors (Lipinski definition) is 2. The van der Waals surface area contributed by atoms with E-state index in [0.717, 1.165) is 35.8 Å². The molecule has 0 unspecified atom stereocenters. The summed E-state index contributed by atoms with van der Waals surface area (Å²) in [5.74, 6) is 1.40. The van der Waals surface area contributed by atoms with Gasteiger partial charge in [0.25, 0.3) is 0 Å². The normalized spacial score (nSPS) is 18.2. The molecule has 0 saturated heterocycles. The lowest BCUT2D eigenvalue weighted by Gasteiger charge is -2.22. The second kappa shape index (κ2) is 11.9. The van der Waals surface area contributed by atoms with Crippen LogP contribution in [0.5, 0.6) is 0 Å². The molecule has 170 valence electrons. The molecule has 1 heterocycles. The number of allylic oxidation sites excluding steroid dienone is 2. The van der Waals surface area contributed by atoms with Gasteiger partial charge in [0.05, 0.1) is 5.69 Å². The second-order valence-corrected chi connectivity index (χ2v) is 9.22. The van der Waals surface area contributed by atoms with Crippen LogP contribution in [0, 0.1) is 5.92 Å². The van der Waals surface area contributed by atoms with Crippen molar-refractivity contribution in [2.75, 3.05) is 12.4 Å². The van der Waals surface area contributed by atoms with E-state index in [2.05, 4.69) is 57.0 Å². The van der Waals surface area contributed by atoms with E-state index in [4.69, 9.17) is 4.98 Å². The lowest BCUT2D eigenvalue weighted by molar-refractivity contribution is 0.354. The van der Waals surface area contributed by atoms with Crippen LogP contribution in [-0.4, -0.2) is 29.3 Å². The van der Waals surface area contributed by atoms with Crippen molar-refractivity contribution in [3.8, 4) is 0 Å². The van der Waals surface area contributed by atoms with Crippen molar-refractivity contribution in [2.45, 2.75) is 76.8 Å². The molecule has 0 spiro atoms. The number of anilines is 2. The van der Waals surface area contributed by atoms with Gasteiger partial charge in [-0.2, -0.15) is 0 Å². The van der Waals surface area contributed by atoms with Crippen molar-refractivity contribution in [1.82, 2.24) is 15.3 Å². The third kappa shape index (κ3) is 6.73. The first kappa shape index (κ1) is 22.7. The Morgan fingerprint density at radius 2 is 1.75 bits per heavy atom. The van der Waals surface area contributed by atoms with E-state index in [1.807, 2.05) is 12.4 Å². The smallest absolute Gasteiger partial charge is 0.227 e. The number of nitrogens with zero attached hydrogens (tertiary/aromatic N) is 3. The third-order valence-electron chi connectivity index (χ3n) is 6.71. The average Bonchev–Trinajstić information content (AvgIpc) is 3.10. The molecular formula is C27H37N5. The lowest BCUT2D eigenvalue weighted by atomic mass is 9.85. The number of benzene rings is 1. The van der Waals surface area contributed by atoms with E-state index < -0.39 is 0 Å². The topological polar surface area (TPSA) is 62.2 Å². The summed E-state index contributed by atoms with van der Waals surface area (Å²) in [6.07, 6.45) is 20.9. The Kier molecular flexibility index (Phi) is 8.43. The fraction of sp³-hybridized carbons (Fsp3) is 0.519. The molecule has 2 aliphatic rings. The lowest BCUT2D eigenvalue weighted by Crippen LogP contribution is -2.27. The minimum Gasteiger partial charge on any atom is -0.324 e. The molecule has 32 heavy (non-hydrogen) atoms. The van der Waals surface area contributed by atoms with Gasteiger partial charge in [0.15, 0.2) is 0 Å². The number of nitrogens with one attached hydrogen (secondary N) is 2. The van der Waals surface area contributed by atoms with Gasteiger partial charge in [-0.3, -0.25) is 4.99 Å². The van der Waals surface area contributed by atoms with Crippen LogP contribution >= 0.6 is 0 Å². The summed E-state index contributed by atoms with van der Waals surface area (Å²) in [4.78, 5) is 13.6. The van der Waals surface area contributed by atoms with E-state index in [9.17, 15) is 0 Å². The molecule has 2 N–H and O–H groups in total. The van der Waals surface area contributed by atoms with Gasteiger partial charge in [0.1, 0.15) is 0 Å². The highest BCUT2D eigenvalue weighted by Crippen LogP contribution is 2.27. The summed E-state index contributed by atoms with van der Waals surface area (Å²) < 4.78 is 0. The van der Waals surface area contributed by atoms with E-state index in [0.29, 0.717) is 12.0 Å². The first-order valence-corrected chi connectivity index (χ1v) is 12.3. The Hall–Kier alpha value is -2.53. The summed E-state index contributed by atoms with van der Waals surface area (Å²) >= 11 is 0. The second-order valence-electron chi connectivity index (χ2n) is 9.22. The van der Waals surface area contributed by atoms with Gasteiger partial charge in [0.2, 0.25) is 5.95 Å². The summed E-state index contributed by atoms with van der Waals surface area (Å²) in [6, 6.07) is 9.23. The number of aromatic nitrogens is 2. The molecule has 0 radical (unpaired) electrons. The fourth-order valence-corrected chi connectivity index (χ4v) is 4.84. The summed E-state index contributed by atoms with van der Waals surface area (Å²) in [6.45, 7) is 0.915. The van der Waals surface area contributed by atoms with E-state index >= 15 is 0 Å². The Balaban J connectivity index is 1.36. The standard InChI is InChI=1S/C27H37N5/c1-28-19-23-20-30-27(32-26(23)17-21-9-5-4-6-10-21)31-25-15-13-22(14-16-25)18-29-24-11-7-2-3-8-12-24/h2-3,13-16,19-21,24,29H,4-12,17-18H2,1H3,(H,30,31,32). The maximum atomic E-state index is 4.88. The van der Waals surface area contributed by atoms with Crippen molar-refractivity contribution < 1.29 is 0 Å². The molecule has 5 heteroatoms. The molecular weight excluding hydrogens is 394 g/mol. The van der Waals surface area contributed by atoms with Gasteiger partial charge in [-0.25, -0.2) is 9.97 Å². The van der Waals surface area contributed by atoms with Gasteiger partial charge >= 0.3 is 0 Å². The van der Waals surface area contributed by atoms with Crippen LogP contribution in [0.1, 0.15) is 74.6 Å². The quantitative estimate of drug-likeness (QED) is 0.399. The van der Waals surface area contributed by atoms with Gasteiger partial charge in [0, 0.05) is 43.3 Å². The van der Waals surface area contributed by atoms with E-state index in [1.165, 1.54) is 63.4 Å². The van der Waals surface area contributed by atoms with E-state index in [-0.39, 0.29) is 0 Å². The van der Waals surface area contributed by atoms with Crippen molar-refractivity contribution in [2.24, 2.45) is 10.9 Å². The Labute approximate surface area is 192 Å². The van der Waals surface area contributed by atoms with Crippen LogP contribution in [-0.2, 0) is 13.0 Å². The van der Waals surface area contributed by atoms with Crippen LogP contribution in [0.3, 0.4) is 0 Å². The molecule has 1 aromatic heterocycles. The Morgan fingerprint density at radius 3 is 2.47 bits per heavy atom. The highest BCUT2D eigenvalue weighted by molar-refractivity contribution is 5.80. The molecule has 1 fully saturated rings. The molecule has 1 saturated carbocycles. The van der Waals surface area contributed by atoms with Crippen LogP contribution in [0.4, 0.5) is 11.6 Å². The number of aliphatic imine (C=N–C) groups is 1. The van der Waals surface area contributed by atoms with Crippen molar-refractivity contribution in [3.05, 3.63) is 59.4 Å². The molecule has 0 bridgehead atoms. The minimum absolute atomic E-state index is 0.615. The Morgan fingerprint density at radius 1 is 1.00 bits per heavy atom. The summed E-state index contributed by atoms with van der Waals surface area (Å²) in [5, 5.41) is 7.11. The maximum Gasteiger partial charge on any atom is 0.227 e. The van der Waals surface area contributed by atoms with Gasteiger partial charge in [-0.15, -0.1) is 0 Å². The highest BCUT2D eigenvalue weighted by Gasteiger charge is 2.17. The van der Waals surface area contributed by atoms with Crippen molar-refractivity contribution in [3.63, 3.8) is 0 Å². The largest absolute Gasteiger partial charge is 0.324 e. The first-order valence-electron chi connectivity index (χ1n) is 12.3. The van der Waals surface area contributed by atoms with Crippen LogP contribution < -0.4 is 10.6 Å². The predicted molar refractivity (Wildman–Crippen MR) is 134 cm³/mol. The predicted octanol–water partition coefficient (Wildman–Crippen LogP) is 5.98. The zero-order valence-corrected chi connectivity index (χ0v) is 19.4. The molecule has 0 amide bonds. The van der Waals surface area contributed by atoms with Gasteiger partial charge in [-0.1, -0.05) is 56.4 Å². The monoisotopic (exact) mass is 431 g/mol. The zero-order chi connectivity index (χ0) is 22.0. The molecule has 5 nitrogen and oxygen atoms in total. The third-order valence-corrected chi connectivity index (χ3v) is 6.71. The summed E-state index contributed by atoms with van der Waals surface area (Å²) in [7, 11) is 1.81. The SMILES string of the molecule is CN=Cc1cnc(Nc2ccc(CNC3CCC=CCC3)cc2)nc1CC1CCCCC1. The highest BCUT2D eigenvalue weighted by atomic mass is 15.1. The fourth-order valence-electron chi connectivity index (χ4n) is 4.84. The first-order chi connectivity index (χ1) is 15.8. The molecule has 1 aromatic carbocycles. The Bertz CT molecular complexity index is 887. The molecule has 4 rings (SSSR count). The number of hydrogen-bond acceptors (Lipinski definition) is 5. The molecule has 0 atom stereocenters. The molecule has 0 aliphatic heterocycles. The number of rotatable bonds is 8. The molecule has 2 aliphatic carbocycles. The van der Waals surface area contributed by atoms with Gasteiger partial charge < -0.3 is 10.6 Å². The maximum absolute atomic E-state index is 4.88. The van der Waals surface area contributed by atoms with Crippen molar-refractivity contribution >= 4 is 17.9 Å². The van der Waals surface area contributed by atoms with Gasteiger partial charge in [-0.05, 0) is 55.7 Å². The molecule has 2 aromatic rings. The average molecular weight is 432 g/mol. The minimum atomic E-state index is 0.615. The summed E-state index contributed by atoms with van der Waals surface area (Å²) in [5.41, 5.74) is 4.48. The van der Waals surface area contributed by atoms with Crippen molar-refractivity contribution in [1.29, 1.82) is 0 Å². The van der Waals surface area contributed by atoms with Crippen LogP contribution in [0.2, 0.25) is 0 Å². The van der Waals surface area contributed by atoms with Crippen LogP contribution in [0.25, 0.3) is 0 Å².